The van der Waals surface area contributed by atoms with Crippen molar-refractivity contribution in [2.75, 3.05) is 12.4 Å². The number of aliphatic hydroxyl groups excluding tert-OH is 1. The van der Waals surface area contributed by atoms with Crippen molar-refractivity contribution < 1.29 is 37.8 Å². The summed E-state index contributed by atoms with van der Waals surface area (Å²) in [7, 11) is 1.25. The van der Waals surface area contributed by atoms with Gasteiger partial charge in [0.2, 0.25) is 23.6 Å². The van der Waals surface area contributed by atoms with Gasteiger partial charge in [0.05, 0.1) is 7.11 Å². The molecule has 0 radical (unpaired) electrons. The number of nitrogens with zero attached hydrogens (tertiary/aromatic N) is 2. The van der Waals surface area contributed by atoms with Gasteiger partial charge in [0.25, 0.3) is 0 Å². The van der Waals surface area contributed by atoms with Crippen LogP contribution in [-0.4, -0.2) is 58.3 Å². The Morgan fingerprint density at radius 2 is 1.88 bits per heavy atom. The summed E-state index contributed by atoms with van der Waals surface area (Å²) in [5.41, 5.74) is 1.57. The van der Waals surface area contributed by atoms with E-state index in [2.05, 4.69) is 20.9 Å². The number of fused-ring (bicyclic) bond motifs is 4. The lowest BCUT2D eigenvalue weighted by Crippen LogP contribution is -2.53. The first-order valence-electron chi connectivity index (χ1n) is 15.8. The Balaban J connectivity index is 1.49. The van der Waals surface area contributed by atoms with Crippen LogP contribution in [0.2, 0.25) is 0 Å². The van der Waals surface area contributed by atoms with Crippen LogP contribution in [-0.2, 0) is 26.2 Å². The summed E-state index contributed by atoms with van der Waals surface area (Å²) >= 11 is 0. The molecule has 13 nitrogen and oxygen atoms in total. The van der Waals surface area contributed by atoms with Crippen molar-refractivity contribution in [2.45, 2.75) is 70.9 Å². The largest absolute Gasteiger partial charge is 0.469 e. The molecule has 4 bridgehead atoms. The molecule has 2 amide bonds. The van der Waals surface area contributed by atoms with Crippen molar-refractivity contribution >= 4 is 23.5 Å². The third kappa shape index (κ3) is 4.83. The summed E-state index contributed by atoms with van der Waals surface area (Å²) in [5, 5.41) is 19.9. The fraction of sp³-hybridized carbons (Fsp3) is 0.400. The second-order valence-electron chi connectivity index (χ2n) is 13.8. The smallest absolute Gasteiger partial charge is 0.360 e. The lowest BCUT2D eigenvalue weighted by molar-refractivity contribution is -0.136. The maximum atomic E-state index is 14.1. The fourth-order valence-electron chi connectivity index (χ4n) is 6.70. The van der Waals surface area contributed by atoms with Crippen LogP contribution in [0, 0.1) is 11.3 Å². The molecule has 0 aliphatic carbocycles. The highest BCUT2D eigenvalue weighted by Crippen LogP contribution is 2.59. The maximum absolute atomic E-state index is 14.1. The number of carbonyl (C=O) groups excluding carboxylic acids is 3. The first kappa shape index (κ1) is 31.4. The summed E-state index contributed by atoms with van der Waals surface area (Å²) in [6.07, 6.45) is -0.646. The third-order valence-electron chi connectivity index (χ3n) is 9.22. The van der Waals surface area contributed by atoms with Crippen LogP contribution < -0.4 is 20.7 Å². The van der Waals surface area contributed by atoms with E-state index < -0.39 is 53.0 Å². The number of hydrogen-bond donors (Lipinski definition) is 4. The lowest BCUT2D eigenvalue weighted by Gasteiger charge is -2.32. The molecule has 3 aliphatic rings. The Morgan fingerprint density at radius 1 is 1.10 bits per heavy atom. The van der Waals surface area contributed by atoms with E-state index in [0.29, 0.717) is 11.5 Å². The van der Waals surface area contributed by atoms with Gasteiger partial charge in [-0.25, -0.2) is 14.8 Å². The van der Waals surface area contributed by atoms with Crippen LogP contribution in [0.3, 0.4) is 0 Å². The second kappa shape index (κ2) is 11.2. The minimum Gasteiger partial charge on any atom is -0.469 e. The highest BCUT2D eigenvalue weighted by molar-refractivity contribution is 5.90. The molecule has 5 heterocycles. The zero-order valence-corrected chi connectivity index (χ0v) is 27.4. The highest BCUT2D eigenvalue weighted by Gasteiger charge is 2.61. The summed E-state index contributed by atoms with van der Waals surface area (Å²) in [6, 6.07) is 11.6. The minimum atomic E-state index is -1.30. The van der Waals surface area contributed by atoms with E-state index in [4.69, 9.17) is 23.3 Å². The number of oxazole rings is 2. The van der Waals surface area contributed by atoms with E-state index in [1.165, 1.54) is 13.4 Å². The molecule has 0 saturated carbocycles. The summed E-state index contributed by atoms with van der Waals surface area (Å²) in [4.78, 5) is 48.9. The quantitative estimate of drug-likeness (QED) is 0.230. The molecule has 7 rings (SSSR count). The number of amides is 2. The molecule has 2 aromatic carbocycles. The first-order valence-corrected chi connectivity index (χ1v) is 15.8. The Bertz CT molecular complexity index is 1940. The van der Waals surface area contributed by atoms with Crippen molar-refractivity contribution in [3.05, 3.63) is 82.8 Å². The van der Waals surface area contributed by atoms with Gasteiger partial charge in [-0.15, -0.1) is 0 Å². The number of aliphatic hydroxyl groups is 1. The maximum Gasteiger partial charge on any atom is 0.360 e. The van der Waals surface area contributed by atoms with Crippen molar-refractivity contribution in [1.29, 1.82) is 0 Å². The van der Waals surface area contributed by atoms with E-state index in [1.807, 2.05) is 63.2 Å². The van der Waals surface area contributed by atoms with Crippen LogP contribution in [0.4, 0.5) is 5.69 Å². The number of nitrogens with one attached hydrogen (secondary N) is 3. The van der Waals surface area contributed by atoms with E-state index in [9.17, 15) is 19.5 Å². The number of benzene rings is 2. The molecule has 0 fully saturated rings. The van der Waals surface area contributed by atoms with E-state index in [0.717, 1.165) is 22.4 Å². The van der Waals surface area contributed by atoms with Crippen LogP contribution in [0.1, 0.15) is 79.5 Å². The van der Waals surface area contributed by atoms with Gasteiger partial charge in [0.15, 0.2) is 23.4 Å². The van der Waals surface area contributed by atoms with Crippen LogP contribution in [0.15, 0.2) is 57.6 Å². The molecule has 2 aromatic heterocycles. The SMILES string of the molecule is COC(=O)c1coc(-c2nc3oc2[C@@]24c5ccccc5N[C@@H]2Oc2ccc(cc24)C[C@H](NC(=O)[C@@H](O)C(C)C)C(=O)N[C@H]3C(C)(C)C)n1. The Hall–Kier alpha value is -5.17. The molecular formula is C35H37N5O8. The average molecular weight is 656 g/mol. The molecule has 5 atom stereocenters. The monoisotopic (exact) mass is 655 g/mol. The molecule has 3 aliphatic heterocycles. The molecule has 0 saturated heterocycles. The van der Waals surface area contributed by atoms with Crippen molar-refractivity contribution in [3.8, 4) is 17.3 Å². The lowest BCUT2D eigenvalue weighted by atomic mass is 9.72. The number of methoxy groups -OCH3 is 1. The van der Waals surface area contributed by atoms with Crippen molar-refractivity contribution in [3.63, 3.8) is 0 Å². The second-order valence-corrected chi connectivity index (χ2v) is 13.8. The van der Waals surface area contributed by atoms with Gasteiger partial charge in [-0.05, 0) is 34.6 Å². The molecule has 48 heavy (non-hydrogen) atoms. The van der Waals surface area contributed by atoms with Gasteiger partial charge < -0.3 is 39.4 Å². The Labute approximate surface area is 276 Å². The number of esters is 1. The fourth-order valence-corrected chi connectivity index (χ4v) is 6.70. The number of ether oxygens (including phenoxy) is 2. The van der Waals surface area contributed by atoms with E-state index in [1.54, 1.807) is 13.8 Å². The first-order chi connectivity index (χ1) is 22.8. The third-order valence-corrected chi connectivity index (χ3v) is 9.22. The number of aromatic nitrogens is 2. The molecule has 4 aromatic rings. The molecule has 4 N–H and O–H groups in total. The number of anilines is 1. The molecular weight excluding hydrogens is 618 g/mol. The van der Waals surface area contributed by atoms with Gasteiger partial charge in [-0.1, -0.05) is 65.0 Å². The van der Waals surface area contributed by atoms with Gasteiger partial charge in [-0.3, -0.25) is 9.59 Å². The Kier molecular flexibility index (Phi) is 7.35. The molecule has 13 heteroatoms. The number of para-hydroxylation sites is 1. The average Bonchev–Trinajstić information content (AvgIpc) is 3.82. The summed E-state index contributed by atoms with van der Waals surface area (Å²) < 4.78 is 24.1. The number of carbonyl (C=O) groups is 3. The zero-order valence-electron chi connectivity index (χ0n) is 27.4. The highest BCUT2D eigenvalue weighted by atomic mass is 16.5. The topological polar surface area (TPSA) is 178 Å². The molecule has 0 unspecified atom stereocenters. The zero-order chi connectivity index (χ0) is 34.1. The predicted molar refractivity (Wildman–Crippen MR) is 171 cm³/mol. The van der Waals surface area contributed by atoms with Gasteiger partial charge in [0, 0.05) is 17.7 Å². The molecule has 250 valence electrons. The standard InChI is InChI=1S/C35H37N5O8/c1-16(2)25(41)29(43)36-21-14-17-11-12-23-19(13-17)35(18-9-7-8-10-20(18)38-33(35)47-23)27-24(30-37-22(15-46-30)32(44)45-6)39-31(48-27)26(34(3,4)5)40-28(21)42/h7-13,15-16,21,25-26,33,38,41H,14H2,1-6H3,(H,36,43)(H,40,42)/t21-,25-,26+,33+,35-/m0/s1. The van der Waals surface area contributed by atoms with E-state index in [-0.39, 0.29) is 35.5 Å². The Morgan fingerprint density at radius 3 is 2.60 bits per heavy atom. The summed E-state index contributed by atoms with van der Waals surface area (Å²) in [6.45, 7) is 9.24. The van der Waals surface area contributed by atoms with Gasteiger partial charge >= 0.3 is 5.97 Å². The van der Waals surface area contributed by atoms with Gasteiger partial charge in [0.1, 0.15) is 35.6 Å². The minimum absolute atomic E-state index is 0.0178. The molecule has 1 spiro atoms. The summed E-state index contributed by atoms with van der Waals surface area (Å²) in [5.74, 6) is -1.06. The number of rotatable bonds is 5. The van der Waals surface area contributed by atoms with Crippen molar-refractivity contribution in [1.82, 2.24) is 20.6 Å². The van der Waals surface area contributed by atoms with E-state index >= 15 is 0 Å². The van der Waals surface area contributed by atoms with Crippen LogP contribution in [0.5, 0.6) is 5.75 Å². The van der Waals surface area contributed by atoms with Gasteiger partial charge in [-0.2, -0.15) is 0 Å². The van der Waals surface area contributed by atoms with Crippen LogP contribution >= 0.6 is 0 Å². The van der Waals surface area contributed by atoms with Crippen LogP contribution in [0.25, 0.3) is 11.6 Å². The predicted octanol–water partition coefficient (Wildman–Crippen LogP) is 3.86. The normalized spacial score (nSPS) is 23.1. The van der Waals surface area contributed by atoms with Crippen molar-refractivity contribution in [2.24, 2.45) is 11.3 Å². The number of hydrogen-bond acceptors (Lipinski definition) is 11.